The predicted molar refractivity (Wildman–Crippen MR) is 467 cm³/mol. The normalized spacial score (nSPS) is 13.3. The van der Waals surface area contributed by atoms with E-state index in [0.717, 1.165) is 51.0 Å². The van der Waals surface area contributed by atoms with Gasteiger partial charge in [0.2, 0.25) is 17.7 Å². The van der Waals surface area contributed by atoms with Gasteiger partial charge in [-0.15, -0.1) is 6.58 Å². The third-order valence-corrected chi connectivity index (χ3v) is 17.4. The predicted octanol–water partition coefficient (Wildman–Crippen LogP) is 20.9. The molecule has 3 aromatic heterocycles. The molecule has 1 aliphatic heterocycles. The average Bonchev–Trinajstić information content (AvgIpc) is 1.65. The first kappa shape index (κ1) is 111. The highest BCUT2D eigenvalue weighted by Gasteiger charge is 2.45. The van der Waals surface area contributed by atoms with E-state index in [1.165, 1.54) is 11.8 Å². The maximum Gasteiger partial charge on any atom is 0.434 e. The summed E-state index contributed by atoms with van der Waals surface area (Å²) in [6.07, 6.45) is -5.22. The highest BCUT2D eigenvalue weighted by Crippen LogP contribution is 2.40. The Kier molecular flexibility index (Phi) is 40.6. The number of nitrogens with one attached hydrogen (secondary N) is 3. The van der Waals surface area contributed by atoms with Crippen molar-refractivity contribution in [3.05, 3.63) is 161 Å². The first-order chi connectivity index (χ1) is 56.7. The minimum absolute atomic E-state index is 0.00948. The van der Waals surface area contributed by atoms with Gasteiger partial charge in [0.05, 0.1) is 71.8 Å². The number of halogens is 9. The quantitative estimate of drug-likeness (QED) is 0.0324. The van der Waals surface area contributed by atoms with E-state index in [-0.39, 0.29) is 141 Å². The van der Waals surface area contributed by atoms with Gasteiger partial charge in [-0.1, -0.05) is 206 Å². The molecular formula is C94H134F9N11O11. The van der Waals surface area contributed by atoms with Crippen molar-refractivity contribution in [1.29, 1.82) is 0 Å². The van der Waals surface area contributed by atoms with Crippen LogP contribution in [0.3, 0.4) is 0 Å². The van der Waals surface area contributed by atoms with Crippen LogP contribution in [0.4, 0.5) is 44.3 Å². The Balaban J connectivity index is 0.000000499. The molecule has 8 rings (SSSR count). The first-order valence-corrected chi connectivity index (χ1v) is 41.5. The van der Waals surface area contributed by atoms with Gasteiger partial charge in [-0.3, -0.25) is 57.5 Å². The van der Waals surface area contributed by atoms with Crippen LogP contribution in [-0.2, 0) is 52.8 Å². The molecule has 4 heterocycles. The lowest BCUT2D eigenvalue weighted by Gasteiger charge is -2.24. The van der Waals surface area contributed by atoms with Crippen LogP contribution in [0.25, 0.3) is 11.4 Å². The molecule has 0 radical (unpaired) electrons. The van der Waals surface area contributed by atoms with Crippen LogP contribution in [0.5, 0.6) is 0 Å². The molecule has 1 saturated heterocycles. The van der Waals surface area contributed by atoms with Gasteiger partial charge in [0.15, 0.2) is 51.8 Å². The highest BCUT2D eigenvalue weighted by molar-refractivity contribution is 6.00. The molecule has 2 fully saturated rings. The molecular weight excluding hydrogens is 1630 g/mol. The van der Waals surface area contributed by atoms with E-state index in [0.29, 0.717) is 62.1 Å². The number of hydrogen-bond acceptors (Lipinski definition) is 14. The summed E-state index contributed by atoms with van der Waals surface area (Å²) in [6.45, 7) is 55.8. The number of aromatic nitrogens is 6. The molecule has 2 aliphatic rings. The van der Waals surface area contributed by atoms with E-state index in [4.69, 9.17) is 0 Å². The molecule has 0 bridgehead atoms. The number of nitrogens with zero attached hydrogens (tertiary/aromatic N) is 8. The monoisotopic (exact) mass is 1760 g/mol. The summed E-state index contributed by atoms with van der Waals surface area (Å²) in [7, 11) is 0. The third-order valence-electron chi connectivity index (χ3n) is 17.4. The molecule has 3 aromatic carbocycles. The maximum atomic E-state index is 13.5. The molecule has 125 heavy (non-hydrogen) atoms. The number of amides is 6. The van der Waals surface area contributed by atoms with E-state index in [2.05, 4.69) is 37.8 Å². The Morgan fingerprint density at radius 3 is 1.18 bits per heavy atom. The number of hydrogen-bond donors (Lipinski definition) is 3. The number of ketones is 6. The smallest absolute Gasteiger partial charge is 0.349 e. The fourth-order valence-corrected chi connectivity index (χ4v) is 12.0. The fraction of sp³-hybridized carbons (Fsp3) is 0.574. The van der Waals surface area contributed by atoms with Crippen LogP contribution >= 0.6 is 0 Å². The minimum atomic E-state index is -4.67. The summed E-state index contributed by atoms with van der Waals surface area (Å²) >= 11 is 0. The summed E-state index contributed by atoms with van der Waals surface area (Å²) in [5, 5.41) is 19.2. The van der Waals surface area contributed by atoms with Gasteiger partial charge in [0, 0.05) is 83.0 Å². The molecule has 31 heteroatoms. The number of Topliss-reactive ketones (excluding diaryl/α,β-unsaturated/α-hetero) is 6. The number of alkyl halides is 9. The summed E-state index contributed by atoms with van der Waals surface area (Å²) in [5.41, 5.74) is -3.44. The van der Waals surface area contributed by atoms with Gasteiger partial charge in [-0.2, -0.15) is 54.8 Å². The largest absolute Gasteiger partial charge is 0.434 e. The Labute approximate surface area is 732 Å². The molecule has 6 aromatic rings. The van der Waals surface area contributed by atoms with Crippen molar-refractivity contribution in [2.45, 2.75) is 269 Å². The van der Waals surface area contributed by atoms with Gasteiger partial charge in [0.25, 0.3) is 5.91 Å². The van der Waals surface area contributed by atoms with Gasteiger partial charge < -0.3 is 20.9 Å². The summed E-state index contributed by atoms with van der Waals surface area (Å²) < 4.78 is 123. The zero-order valence-corrected chi connectivity index (χ0v) is 78.2. The lowest BCUT2D eigenvalue weighted by molar-refractivity contribution is -0.146. The number of para-hydroxylation sites is 1. The fourth-order valence-electron chi connectivity index (χ4n) is 12.0. The van der Waals surface area contributed by atoms with Crippen LogP contribution in [-0.4, -0.2) is 143 Å². The SMILES string of the molecule is C=CCN1CCN(C(=O)CC(C)(C)C)C1=O.CC(=O)NCC(=O)CC(C)(C)C.CC(C)(C)CC(=O)CNC(=O)C1CC1.CC(C)(C)CC(=O)CNC(=O)c1ccccc1.CC(C)(C)CC(=O)c1cnn(C(C)(C)C)c1C(F)(F)F.Cc1ccc(-n2ncc(C(=O)CC(C)(C)C)c2C(F)(F)F)cc1.Cc1ccccc1-n1ncc(C(=O)CC(C)(C)C)c1C(F)(F)F. The van der Waals surface area contributed by atoms with Gasteiger partial charge >= 0.3 is 24.6 Å². The summed E-state index contributed by atoms with van der Waals surface area (Å²) in [4.78, 5) is 131. The Hall–Kier alpha value is -10.2. The number of carbonyl (C=O) groups is 11. The molecule has 6 amide bonds. The Morgan fingerprint density at radius 2 is 0.808 bits per heavy atom. The standard InChI is InChI=1S/2C17H19F3N2O.C14H21F3N2O.C14H19NO2.C12H20N2O2.C11H19NO2.C9H17NO2/c1-11-5-7-12(8-6-11)22-15(17(18,19)20)13(10-21-22)14(23)9-16(2,3)4;1-11-7-5-6-8-13(11)22-15(17(18,19)20)12(10-21-22)14(23)9-16(2,3)4;1-12(2,3)7-10(20)9-8-18-19(13(4,5)6)11(9)14(15,16)17;1-14(2,3)9-12(16)10-15-13(17)11-7-5-4-6-8-11;1-5-6-13-7-8-14(11(13)16)10(15)9-12(2,3)4;1-11(2,3)6-9(13)7-12-10(14)8-4-5-8;1-7(11)10-6-8(12)5-9(2,3)4/h2*5-8,10H,9H2,1-4H3;8H,7H2,1-6H3;4-8H,9-10H2,1-3H3,(H,15,17);5H,1,6-9H2,2-4H3;8H,4-7H2,1-3H3,(H,12,14);5-6H2,1-4H3,(H,10,11). The van der Waals surface area contributed by atoms with E-state index >= 15 is 0 Å². The topological polar surface area (TPSA) is 284 Å². The number of imide groups is 1. The molecule has 1 aliphatic carbocycles. The molecule has 22 nitrogen and oxygen atoms in total. The van der Waals surface area contributed by atoms with E-state index in [9.17, 15) is 92.3 Å². The maximum absolute atomic E-state index is 13.5. The summed E-state index contributed by atoms with van der Waals surface area (Å²) in [6, 6.07) is 21.8. The first-order valence-electron chi connectivity index (χ1n) is 41.5. The molecule has 694 valence electrons. The Bertz CT molecular complexity index is 4630. The van der Waals surface area contributed by atoms with Crippen molar-refractivity contribution in [3.8, 4) is 11.4 Å². The van der Waals surface area contributed by atoms with Crippen molar-refractivity contribution in [3.63, 3.8) is 0 Å². The molecule has 0 spiro atoms. The van der Waals surface area contributed by atoms with Crippen molar-refractivity contribution >= 4 is 64.4 Å². The van der Waals surface area contributed by atoms with Crippen LogP contribution in [0.2, 0.25) is 0 Å². The third kappa shape index (κ3) is 42.5. The minimum Gasteiger partial charge on any atom is -0.349 e. The summed E-state index contributed by atoms with van der Waals surface area (Å²) in [5.74, 6) is -1.57. The zero-order chi connectivity index (χ0) is 96.5. The van der Waals surface area contributed by atoms with Crippen LogP contribution in [0, 0.1) is 57.7 Å². The van der Waals surface area contributed by atoms with Crippen molar-refractivity contribution in [2.75, 3.05) is 39.3 Å². The zero-order valence-electron chi connectivity index (χ0n) is 78.2. The lowest BCUT2D eigenvalue weighted by atomic mass is 9.88. The van der Waals surface area contributed by atoms with Gasteiger partial charge in [-0.25, -0.2) is 14.2 Å². The number of urea groups is 1. The van der Waals surface area contributed by atoms with Crippen molar-refractivity contribution < 1.29 is 92.3 Å². The Morgan fingerprint density at radius 1 is 0.440 bits per heavy atom. The van der Waals surface area contributed by atoms with Crippen LogP contribution < -0.4 is 16.0 Å². The average molecular weight is 1770 g/mol. The molecule has 0 atom stereocenters. The van der Waals surface area contributed by atoms with Crippen molar-refractivity contribution in [1.82, 2.24) is 55.1 Å². The molecule has 1 saturated carbocycles. The second-order valence-electron chi connectivity index (χ2n) is 40.8. The number of rotatable bonds is 22. The van der Waals surface area contributed by atoms with E-state index in [1.54, 1.807) is 111 Å². The van der Waals surface area contributed by atoms with E-state index in [1.807, 2.05) is 158 Å². The lowest BCUT2D eigenvalue weighted by Crippen LogP contribution is -2.37. The van der Waals surface area contributed by atoms with Gasteiger partial charge in [-0.05, 0) is 121 Å². The number of carbonyl (C=O) groups excluding carboxylic acids is 11. The number of benzene rings is 3. The second-order valence-corrected chi connectivity index (χ2v) is 40.8. The van der Waals surface area contributed by atoms with Gasteiger partial charge in [0.1, 0.15) is 0 Å². The van der Waals surface area contributed by atoms with Crippen molar-refractivity contribution in [2.24, 2.45) is 43.8 Å². The molecule has 3 N–H and O–H groups in total. The number of aryl methyl sites for hydroxylation is 2. The van der Waals surface area contributed by atoms with E-state index < -0.39 is 69.3 Å². The molecule has 0 unspecified atom stereocenters. The second kappa shape index (κ2) is 45.8. The highest BCUT2D eigenvalue weighted by atomic mass is 19.4. The van der Waals surface area contributed by atoms with Crippen LogP contribution in [0.1, 0.15) is 301 Å². The van der Waals surface area contributed by atoms with Crippen LogP contribution in [0.15, 0.2) is 110 Å².